The molecule has 0 atom stereocenters. The van der Waals surface area contributed by atoms with Crippen LogP contribution in [0.4, 0.5) is 5.69 Å². The van der Waals surface area contributed by atoms with Crippen LogP contribution in [0.3, 0.4) is 0 Å². The van der Waals surface area contributed by atoms with Crippen molar-refractivity contribution in [3.63, 3.8) is 0 Å². The third kappa shape index (κ3) is 6.66. The van der Waals surface area contributed by atoms with Crippen molar-refractivity contribution < 1.29 is 28.5 Å². The predicted molar refractivity (Wildman–Crippen MR) is 115 cm³/mol. The van der Waals surface area contributed by atoms with Gasteiger partial charge in [0.25, 0.3) is 5.91 Å². The van der Waals surface area contributed by atoms with E-state index < -0.39 is 11.9 Å². The summed E-state index contributed by atoms with van der Waals surface area (Å²) >= 11 is 6.23. The van der Waals surface area contributed by atoms with Gasteiger partial charge in [0.1, 0.15) is 17.4 Å². The fourth-order valence-electron chi connectivity index (χ4n) is 2.47. The first-order valence-corrected chi connectivity index (χ1v) is 9.52. The lowest BCUT2D eigenvalue weighted by atomic mass is 10.1. The lowest BCUT2D eigenvalue weighted by Crippen LogP contribution is -2.14. The maximum Gasteiger partial charge on any atom is 0.343 e. The van der Waals surface area contributed by atoms with E-state index in [2.05, 4.69) is 10.1 Å². The van der Waals surface area contributed by atoms with Crippen molar-refractivity contribution in [2.75, 3.05) is 32.8 Å². The van der Waals surface area contributed by atoms with Crippen molar-refractivity contribution in [1.29, 1.82) is 5.26 Å². The van der Waals surface area contributed by atoms with Crippen molar-refractivity contribution in [1.82, 2.24) is 0 Å². The normalized spacial score (nSPS) is 10.6. The number of rotatable bonds is 9. The molecule has 0 aromatic heterocycles. The Kier molecular flexibility index (Phi) is 8.73. The van der Waals surface area contributed by atoms with Gasteiger partial charge in [0, 0.05) is 5.69 Å². The number of anilines is 1. The maximum absolute atomic E-state index is 12.5. The molecule has 0 unspecified atom stereocenters. The number of nitrogens with one attached hydrogen (secondary N) is 1. The van der Waals surface area contributed by atoms with Crippen LogP contribution in [0.2, 0.25) is 5.02 Å². The van der Waals surface area contributed by atoms with Crippen molar-refractivity contribution >= 4 is 35.2 Å². The zero-order valence-corrected chi connectivity index (χ0v) is 18.0. The molecule has 0 aliphatic rings. The van der Waals surface area contributed by atoms with E-state index in [0.717, 1.165) is 0 Å². The number of nitriles is 1. The number of benzene rings is 2. The maximum atomic E-state index is 12.5. The highest BCUT2D eigenvalue weighted by atomic mass is 35.5. The lowest BCUT2D eigenvalue weighted by Gasteiger charge is -2.12. The fourth-order valence-corrected chi connectivity index (χ4v) is 2.74. The van der Waals surface area contributed by atoms with E-state index in [1.807, 2.05) is 13.0 Å². The molecular weight excluding hydrogens is 424 g/mol. The van der Waals surface area contributed by atoms with Gasteiger partial charge in [-0.2, -0.15) is 5.26 Å². The summed E-state index contributed by atoms with van der Waals surface area (Å²) in [6.45, 7) is 2.06. The third-order valence-corrected chi connectivity index (χ3v) is 4.19. The van der Waals surface area contributed by atoms with E-state index in [-0.39, 0.29) is 28.7 Å². The van der Waals surface area contributed by atoms with E-state index in [9.17, 15) is 14.9 Å². The number of hydrogen-bond donors (Lipinski definition) is 1. The standard InChI is InChI=1S/C22H21ClN2O6/c1-4-30-17-7-5-16(6-8-17)25-22(27)15(12-24)9-14-10-18(23)21(19(11-14)28-2)31-13-20(26)29-3/h5-11H,4,13H2,1-3H3,(H,25,27)/b15-9-. The minimum absolute atomic E-state index is 0.138. The summed E-state index contributed by atoms with van der Waals surface area (Å²) < 4.78 is 20.5. The Balaban J connectivity index is 2.22. The monoisotopic (exact) mass is 444 g/mol. The molecule has 2 aromatic rings. The molecule has 8 nitrogen and oxygen atoms in total. The molecule has 0 aliphatic carbocycles. The zero-order valence-electron chi connectivity index (χ0n) is 17.2. The first kappa shape index (κ1) is 23.6. The number of halogens is 1. The van der Waals surface area contributed by atoms with Crippen LogP contribution in [0.15, 0.2) is 42.0 Å². The molecule has 2 aromatic carbocycles. The average molecular weight is 445 g/mol. The number of amides is 1. The second-order valence-electron chi connectivity index (χ2n) is 5.98. The number of carbonyl (C=O) groups excluding carboxylic acids is 2. The number of esters is 1. The largest absolute Gasteiger partial charge is 0.494 e. The summed E-state index contributed by atoms with van der Waals surface area (Å²) in [7, 11) is 2.63. The van der Waals surface area contributed by atoms with Gasteiger partial charge in [0.2, 0.25) is 0 Å². The SMILES string of the molecule is CCOc1ccc(NC(=O)/C(C#N)=C\c2cc(Cl)c(OCC(=O)OC)c(OC)c2)cc1. The van der Waals surface area contributed by atoms with Gasteiger partial charge in [-0.15, -0.1) is 0 Å². The summed E-state index contributed by atoms with van der Waals surface area (Å²) in [6, 6.07) is 11.7. The fraction of sp³-hybridized carbons (Fsp3) is 0.227. The predicted octanol–water partition coefficient (Wildman–Crippen LogP) is 3.84. The molecule has 9 heteroatoms. The van der Waals surface area contributed by atoms with Gasteiger partial charge >= 0.3 is 5.97 Å². The Hall–Kier alpha value is -3.70. The number of ether oxygens (including phenoxy) is 4. The Morgan fingerprint density at radius 3 is 2.45 bits per heavy atom. The molecule has 0 aliphatic heterocycles. The number of carbonyl (C=O) groups is 2. The number of hydrogen-bond acceptors (Lipinski definition) is 7. The second kappa shape index (κ2) is 11.5. The number of nitrogens with zero attached hydrogens (tertiary/aromatic N) is 1. The van der Waals surface area contributed by atoms with Gasteiger partial charge in [0.15, 0.2) is 18.1 Å². The van der Waals surface area contributed by atoms with Crippen LogP contribution in [0.25, 0.3) is 6.08 Å². The first-order chi connectivity index (χ1) is 14.9. The molecule has 0 heterocycles. The van der Waals surface area contributed by atoms with Crippen molar-refractivity contribution in [2.24, 2.45) is 0 Å². The minimum Gasteiger partial charge on any atom is -0.494 e. The smallest absolute Gasteiger partial charge is 0.343 e. The average Bonchev–Trinajstić information content (AvgIpc) is 2.77. The highest BCUT2D eigenvalue weighted by Crippen LogP contribution is 2.37. The van der Waals surface area contributed by atoms with E-state index in [1.165, 1.54) is 32.4 Å². The quantitative estimate of drug-likeness (QED) is 0.355. The minimum atomic E-state index is -0.590. The van der Waals surface area contributed by atoms with Gasteiger partial charge in [-0.1, -0.05) is 11.6 Å². The van der Waals surface area contributed by atoms with Crippen LogP contribution in [0.5, 0.6) is 17.2 Å². The van der Waals surface area contributed by atoms with Crippen LogP contribution < -0.4 is 19.5 Å². The summed E-state index contributed by atoms with van der Waals surface area (Å²) in [5, 5.41) is 12.2. The van der Waals surface area contributed by atoms with E-state index in [0.29, 0.717) is 23.6 Å². The van der Waals surface area contributed by atoms with Gasteiger partial charge in [-0.25, -0.2) is 4.79 Å². The van der Waals surface area contributed by atoms with Crippen LogP contribution >= 0.6 is 11.6 Å². The van der Waals surface area contributed by atoms with E-state index >= 15 is 0 Å². The topological polar surface area (TPSA) is 107 Å². The third-order valence-electron chi connectivity index (χ3n) is 3.91. The van der Waals surface area contributed by atoms with Crippen LogP contribution in [0.1, 0.15) is 12.5 Å². The molecule has 0 spiro atoms. The molecule has 162 valence electrons. The zero-order chi connectivity index (χ0) is 22.8. The summed E-state index contributed by atoms with van der Waals surface area (Å²) in [5.74, 6) is -0.128. The van der Waals surface area contributed by atoms with Gasteiger partial charge in [0.05, 0.1) is 25.8 Å². The molecule has 1 N–H and O–H groups in total. The van der Waals surface area contributed by atoms with Crippen molar-refractivity contribution in [3.8, 4) is 23.3 Å². The molecule has 0 bridgehead atoms. The Morgan fingerprint density at radius 1 is 1.16 bits per heavy atom. The highest BCUT2D eigenvalue weighted by molar-refractivity contribution is 6.32. The summed E-state index contributed by atoms with van der Waals surface area (Å²) in [6.07, 6.45) is 1.36. The molecule has 0 saturated heterocycles. The molecule has 0 saturated carbocycles. The van der Waals surface area contributed by atoms with Crippen LogP contribution in [-0.2, 0) is 14.3 Å². The van der Waals surface area contributed by atoms with E-state index in [4.69, 9.17) is 25.8 Å². The Bertz CT molecular complexity index is 1010. The first-order valence-electron chi connectivity index (χ1n) is 9.15. The van der Waals surface area contributed by atoms with Crippen LogP contribution in [0, 0.1) is 11.3 Å². The highest BCUT2D eigenvalue weighted by Gasteiger charge is 2.15. The van der Waals surface area contributed by atoms with Crippen molar-refractivity contribution in [2.45, 2.75) is 6.92 Å². The Morgan fingerprint density at radius 2 is 1.87 bits per heavy atom. The molecule has 2 rings (SSSR count). The van der Waals surface area contributed by atoms with E-state index in [1.54, 1.807) is 24.3 Å². The summed E-state index contributed by atoms with van der Waals surface area (Å²) in [5.41, 5.74) is 0.803. The molecular formula is C22H21ClN2O6. The second-order valence-corrected chi connectivity index (χ2v) is 6.39. The number of methoxy groups -OCH3 is 2. The van der Waals surface area contributed by atoms with Gasteiger partial charge < -0.3 is 24.3 Å². The molecule has 0 fully saturated rings. The van der Waals surface area contributed by atoms with Gasteiger partial charge in [-0.3, -0.25) is 4.79 Å². The van der Waals surface area contributed by atoms with Gasteiger partial charge in [-0.05, 0) is 55.0 Å². The van der Waals surface area contributed by atoms with Crippen LogP contribution in [-0.4, -0.2) is 39.3 Å². The summed E-state index contributed by atoms with van der Waals surface area (Å²) in [4.78, 5) is 23.8. The molecule has 31 heavy (non-hydrogen) atoms. The Labute approximate surface area is 184 Å². The van der Waals surface area contributed by atoms with Crippen molar-refractivity contribution in [3.05, 3.63) is 52.6 Å². The lowest BCUT2D eigenvalue weighted by molar-refractivity contribution is -0.142. The molecule has 0 radical (unpaired) electrons. The molecule has 1 amide bonds.